The number of nitrogens with one attached hydrogen (secondary N) is 1. The minimum atomic E-state index is -0.362. The van der Waals surface area contributed by atoms with E-state index < -0.39 is 0 Å². The highest BCUT2D eigenvalue weighted by atomic mass is 32.2. The van der Waals surface area contributed by atoms with Crippen molar-refractivity contribution >= 4 is 28.5 Å². The number of amides is 1. The van der Waals surface area contributed by atoms with Gasteiger partial charge in [-0.05, 0) is 37.5 Å². The van der Waals surface area contributed by atoms with Gasteiger partial charge in [0.15, 0.2) is 5.17 Å². The van der Waals surface area contributed by atoms with E-state index in [4.69, 9.17) is 5.73 Å². The van der Waals surface area contributed by atoms with Gasteiger partial charge in [0, 0.05) is 17.6 Å². The van der Waals surface area contributed by atoms with Crippen LogP contribution in [0.1, 0.15) is 42.0 Å². The van der Waals surface area contributed by atoms with E-state index in [0.29, 0.717) is 16.5 Å². The Morgan fingerprint density at radius 2 is 2.20 bits per heavy atom. The van der Waals surface area contributed by atoms with Crippen molar-refractivity contribution in [3.63, 3.8) is 0 Å². The molecule has 7 heteroatoms. The van der Waals surface area contributed by atoms with Crippen LogP contribution in [-0.4, -0.2) is 26.8 Å². The molecule has 2 heterocycles. The first-order chi connectivity index (χ1) is 12.0. The molecule has 3 rings (SSSR count). The lowest BCUT2D eigenvalue weighted by molar-refractivity contribution is 0.102. The van der Waals surface area contributed by atoms with E-state index in [1.807, 2.05) is 31.2 Å². The van der Waals surface area contributed by atoms with E-state index in [1.165, 1.54) is 6.20 Å². The van der Waals surface area contributed by atoms with E-state index in [2.05, 4.69) is 27.2 Å². The van der Waals surface area contributed by atoms with Crippen LogP contribution in [0, 0.1) is 0 Å². The van der Waals surface area contributed by atoms with Gasteiger partial charge in [-0.2, -0.15) is 0 Å². The number of aliphatic imine (C=N–C) groups is 1. The lowest BCUT2D eigenvalue weighted by Gasteiger charge is -2.30. The van der Waals surface area contributed by atoms with Crippen molar-refractivity contribution in [1.29, 1.82) is 0 Å². The Bertz CT molecular complexity index is 805. The predicted octanol–water partition coefficient (Wildman–Crippen LogP) is 2.96. The zero-order valence-electron chi connectivity index (χ0n) is 14.3. The Morgan fingerprint density at radius 1 is 1.36 bits per heavy atom. The molecule has 130 valence electrons. The van der Waals surface area contributed by atoms with Gasteiger partial charge in [0.2, 0.25) is 0 Å². The van der Waals surface area contributed by atoms with E-state index in [0.717, 1.165) is 29.9 Å². The zero-order valence-corrected chi connectivity index (χ0v) is 15.1. The molecular weight excluding hydrogens is 334 g/mol. The third-order valence-electron chi connectivity index (χ3n) is 4.24. The zero-order chi connectivity index (χ0) is 17.9. The van der Waals surface area contributed by atoms with Crippen molar-refractivity contribution in [2.24, 2.45) is 10.7 Å². The number of benzene rings is 1. The molecule has 0 unspecified atom stereocenters. The molecule has 1 aliphatic heterocycles. The summed E-state index contributed by atoms with van der Waals surface area (Å²) in [6.07, 6.45) is 4.82. The number of hydrogen-bond donors (Lipinski definition) is 2. The molecule has 0 radical (unpaired) electrons. The number of thioether (sulfide) groups is 1. The van der Waals surface area contributed by atoms with Gasteiger partial charge in [0.1, 0.15) is 5.69 Å². The second kappa shape index (κ2) is 7.23. The molecule has 2 aromatic rings. The number of carbonyl (C=O) groups excluding carboxylic acids is 1. The Labute approximate surface area is 151 Å². The molecule has 0 saturated heterocycles. The van der Waals surface area contributed by atoms with Crippen LogP contribution in [0.25, 0.3) is 0 Å². The van der Waals surface area contributed by atoms with E-state index in [-0.39, 0.29) is 11.4 Å². The lowest BCUT2D eigenvalue weighted by Crippen LogP contribution is -2.28. The van der Waals surface area contributed by atoms with Gasteiger partial charge in [-0.25, -0.2) is 4.98 Å². The highest BCUT2D eigenvalue weighted by molar-refractivity contribution is 8.13. The quantitative estimate of drug-likeness (QED) is 0.879. The molecule has 1 aliphatic rings. The Balaban J connectivity index is 1.79. The van der Waals surface area contributed by atoms with E-state index in [1.54, 1.807) is 18.0 Å². The standard InChI is InChI=1S/C18H21N5OS/c1-3-13-10-21-15(11-20-13)16(24)22-14-6-4-5-12(9-14)18(2)7-8-25-17(19)23-18/h4-6,9-11H,3,7-8H2,1-2H3,(H2,19,23)(H,22,24)/t18-/m0/s1. The molecule has 1 atom stereocenters. The van der Waals surface area contributed by atoms with Crippen LogP contribution < -0.4 is 11.1 Å². The number of aryl methyl sites for hydroxylation is 1. The van der Waals surface area contributed by atoms with Crippen LogP contribution in [0.5, 0.6) is 0 Å². The van der Waals surface area contributed by atoms with Gasteiger partial charge in [-0.15, -0.1) is 0 Å². The molecule has 1 aromatic heterocycles. The van der Waals surface area contributed by atoms with Crippen molar-refractivity contribution in [2.75, 3.05) is 11.1 Å². The predicted molar refractivity (Wildman–Crippen MR) is 102 cm³/mol. The molecule has 3 N–H and O–H groups in total. The number of nitrogens with two attached hydrogens (primary N) is 1. The SMILES string of the molecule is CCc1cnc(C(=O)Nc2cccc([C@]3(C)CCSC(N)=N3)c2)cn1. The fourth-order valence-electron chi connectivity index (χ4n) is 2.68. The monoisotopic (exact) mass is 355 g/mol. The smallest absolute Gasteiger partial charge is 0.275 e. The summed E-state index contributed by atoms with van der Waals surface area (Å²) < 4.78 is 0. The molecule has 0 fully saturated rings. The maximum atomic E-state index is 12.4. The third kappa shape index (κ3) is 3.99. The highest BCUT2D eigenvalue weighted by Crippen LogP contribution is 2.35. The minimum Gasteiger partial charge on any atom is -0.379 e. The fraction of sp³-hybridized carbons (Fsp3) is 0.333. The number of carbonyl (C=O) groups is 1. The van der Waals surface area contributed by atoms with Crippen LogP contribution in [0.15, 0.2) is 41.7 Å². The number of amidine groups is 1. The summed E-state index contributed by atoms with van der Waals surface area (Å²) in [5.74, 6) is 0.654. The molecule has 25 heavy (non-hydrogen) atoms. The van der Waals surface area contributed by atoms with Crippen LogP contribution in [0.3, 0.4) is 0 Å². The maximum Gasteiger partial charge on any atom is 0.275 e. The number of rotatable bonds is 4. The second-order valence-electron chi connectivity index (χ2n) is 6.10. The highest BCUT2D eigenvalue weighted by Gasteiger charge is 2.29. The van der Waals surface area contributed by atoms with Crippen molar-refractivity contribution in [1.82, 2.24) is 9.97 Å². The first kappa shape index (κ1) is 17.4. The Kier molecular flexibility index (Phi) is 5.03. The molecule has 1 aromatic carbocycles. The van der Waals surface area contributed by atoms with Gasteiger partial charge >= 0.3 is 0 Å². The van der Waals surface area contributed by atoms with Gasteiger partial charge in [0.05, 0.1) is 17.4 Å². The molecule has 0 spiro atoms. The lowest BCUT2D eigenvalue weighted by atomic mass is 9.89. The second-order valence-corrected chi connectivity index (χ2v) is 7.22. The van der Waals surface area contributed by atoms with Gasteiger partial charge in [0.25, 0.3) is 5.91 Å². The number of hydrogen-bond acceptors (Lipinski definition) is 6. The van der Waals surface area contributed by atoms with Crippen LogP contribution in [0.4, 0.5) is 5.69 Å². The summed E-state index contributed by atoms with van der Waals surface area (Å²) in [7, 11) is 0. The number of nitrogens with zero attached hydrogens (tertiary/aromatic N) is 3. The third-order valence-corrected chi connectivity index (χ3v) is 5.03. The molecule has 0 aliphatic carbocycles. The van der Waals surface area contributed by atoms with Gasteiger partial charge in [-0.1, -0.05) is 30.8 Å². The first-order valence-electron chi connectivity index (χ1n) is 8.21. The van der Waals surface area contributed by atoms with E-state index >= 15 is 0 Å². The number of aromatic nitrogens is 2. The summed E-state index contributed by atoms with van der Waals surface area (Å²) >= 11 is 1.57. The molecular formula is C18H21N5OS. The maximum absolute atomic E-state index is 12.4. The van der Waals surface area contributed by atoms with Crippen LogP contribution in [0.2, 0.25) is 0 Å². The normalized spacial score (nSPS) is 20.0. The summed E-state index contributed by atoms with van der Waals surface area (Å²) in [4.78, 5) is 25.4. The van der Waals surface area contributed by atoms with Crippen LogP contribution in [-0.2, 0) is 12.0 Å². The molecule has 1 amide bonds. The number of anilines is 1. The largest absolute Gasteiger partial charge is 0.379 e. The van der Waals surface area contributed by atoms with Gasteiger partial charge < -0.3 is 11.1 Å². The summed E-state index contributed by atoms with van der Waals surface area (Å²) in [6, 6.07) is 7.72. The van der Waals surface area contributed by atoms with E-state index in [9.17, 15) is 4.79 Å². The summed E-state index contributed by atoms with van der Waals surface area (Å²) in [6.45, 7) is 4.06. The topological polar surface area (TPSA) is 93.3 Å². The Morgan fingerprint density at radius 3 is 2.88 bits per heavy atom. The molecule has 0 bridgehead atoms. The van der Waals surface area contributed by atoms with Crippen molar-refractivity contribution < 1.29 is 4.79 Å². The first-order valence-corrected chi connectivity index (χ1v) is 9.19. The average Bonchev–Trinajstić information content (AvgIpc) is 2.62. The summed E-state index contributed by atoms with van der Waals surface area (Å²) in [5.41, 5.74) is 8.42. The van der Waals surface area contributed by atoms with Crippen molar-refractivity contribution in [2.45, 2.75) is 32.2 Å². The van der Waals surface area contributed by atoms with Gasteiger partial charge in [-0.3, -0.25) is 14.8 Å². The fourth-order valence-corrected chi connectivity index (χ4v) is 3.65. The average molecular weight is 355 g/mol. The Hall–Kier alpha value is -2.41. The van der Waals surface area contributed by atoms with Crippen LogP contribution >= 0.6 is 11.8 Å². The molecule has 0 saturated carbocycles. The molecule has 6 nitrogen and oxygen atoms in total. The van der Waals surface area contributed by atoms with Crippen molar-refractivity contribution in [3.05, 3.63) is 53.6 Å². The summed E-state index contributed by atoms with van der Waals surface area (Å²) in [5, 5.41) is 3.48. The minimum absolute atomic E-state index is 0.278. The van der Waals surface area contributed by atoms with Crippen molar-refractivity contribution in [3.8, 4) is 0 Å².